The second kappa shape index (κ2) is 6.91. The van der Waals surface area contributed by atoms with Gasteiger partial charge in [0.2, 0.25) is 0 Å². The minimum atomic E-state index is -1.11. The van der Waals surface area contributed by atoms with Crippen LogP contribution in [0.5, 0.6) is 0 Å². The molecule has 1 aliphatic rings. The molecule has 22 heavy (non-hydrogen) atoms. The van der Waals surface area contributed by atoms with Crippen LogP contribution in [0.1, 0.15) is 51.3 Å². The number of H-pyrrole nitrogens is 1. The van der Waals surface area contributed by atoms with Crippen molar-refractivity contribution in [3.05, 3.63) is 32.6 Å². The third-order valence-electron chi connectivity index (χ3n) is 4.14. The van der Waals surface area contributed by atoms with Crippen LogP contribution >= 0.6 is 0 Å². The van der Waals surface area contributed by atoms with Gasteiger partial charge in [0.25, 0.3) is 5.56 Å². The zero-order chi connectivity index (χ0) is 16.3. The number of hydrogen-bond donors (Lipinski definition) is 2. The molecule has 7 heteroatoms. The summed E-state index contributed by atoms with van der Waals surface area (Å²) in [5.41, 5.74) is -1.16. The summed E-state index contributed by atoms with van der Waals surface area (Å²) in [6.07, 6.45) is 4.10. The molecule has 3 atom stereocenters. The van der Waals surface area contributed by atoms with Crippen LogP contribution < -0.4 is 11.2 Å². The quantitative estimate of drug-likeness (QED) is 0.824. The molecule has 7 nitrogen and oxygen atoms in total. The molecule has 0 aliphatic carbocycles. The van der Waals surface area contributed by atoms with Gasteiger partial charge in [-0.15, -0.1) is 0 Å². The van der Waals surface area contributed by atoms with Crippen LogP contribution in [0.3, 0.4) is 0 Å². The monoisotopic (exact) mass is 310 g/mol. The minimum Gasteiger partial charge on any atom is -0.481 e. The molecule has 1 aromatic heterocycles. The zero-order valence-electron chi connectivity index (χ0n) is 12.9. The van der Waals surface area contributed by atoms with Crippen LogP contribution in [0, 0.1) is 5.92 Å². The van der Waals surface area contributed by atoms with E-state index in [9.17, 15) is 14.4 Å². The highest BCUT2D eigenvalue weighted by atomic mass is 16.5. The van der Waals surface area contributed by atoms with Crippen molar-refractivity contribution in [3.63, 3.8) is 0 Å². The lowest BCUT2D eigenvalue weighted by atomic mass is 10.00. The molecule has 1 aliphatic heterocycles. The molecular formula is C15H22N2O5. The van der Waals surface area contributed by atoms with Crippen LogP contribution in [-0.4, -0.2) is 26.7 Å². The fourth-order valence-electron chi connectivity index (χ4n) is 2.71. The highest BCUT2D eigenvalue weighted by Crippen LogP contribution is 2.31. The lowest BCUT2D eigenvalue weighted by Gasteiger charge is -2.18. The van der Waals surface area contributed by atoms with E-state index in [1.54, 1.807) is 0 Å². The van der Waals surface area contributed by atoms with Crippen molar-refractivity contribution < 1.29 is 14.6 Å². The SMILES string of the molecule is CCC(C)CC1CCC(n2cc(CC(=O)O)c(=O)[nH]c2=O)O1. The first-order valence-corrected chi connectivity index (χ1v) is 7.62. The Morgan fingerprint density at radius 2 is 2.23 bits per heavy atom. The highest BCUT2D eigenvalue weighted by Gasteiger charge is 2.28. The Morgan fingerprint density at radius 3 is 2.86 bits per heavy atom. The average molecular weight is 310 g/mol. The number of nitrogens with zero attached hydrogens (tertiary/aromatic N) is 1. The van der Waals surface area contributed by atoms with Gasteiger partial charge < -0.3 is 9.84 Å². The van der Waals surface area contributed by atoms with Crippen LogP contribution in [0.25, 0.3) is 0 Å². The molecule has 1 fully saturated rings. The predicted molar refractivity (Wildman–Crippen MR) is 79.9 cm³/mol. The summed E-state index contributed by atoms with van der Waals surface area (Å²) < 4.78 is 7.20. The molecule has 0 amide bonds. The second-order valence-corrected chi connectivity index (χ2v) is 5.93. The number of ether oxygens (including phenoxy) is 1. The van der Waals surface area contributed by atoms with Gasteiger partial charge >= 0.3 is 11.7 Å². The maximum absolute atomic E-state index is 11.9. The molecule has 0 radical (unpaired) electrons. The molecule has 2 N–H and O–H groups in total. The lowest BCUT2D eigenvalue weighted by molar-refractivity contribution is -0.136. The van der Waals surface area contributed by atoms with Crippen molar-refractivity contribution >= 4 is 5.97 Å². The third-order valence-corrected chi connectivity index (χ3v) is 4.14. The number of aromatic amines is 1. The number of carboxylic acid groups (broad SMARTS) is 1. The van der Waals surface area contributed by atoms with Crippen molar-refractivity contribution in [1.29, 1.82) is 0 Å². The summed E-state index contributed by atoms with van der Waals surface area (Å²) in [5, 5.41) is 8.81. The number of aliphatic carboxylic acids is 1. The summed E-state index contributed by atoms with van der Waals surface area (Å²) in [6.45, 7) is 4.29. The van der Waals surface area contributed by atoms with Gasteiger partial charge in [0.05, 0.1) is 12.5 Å². The Labute approximate surface area is 127 Å². The molecule has 2 rings (SSSR count). The third kappa shape index (κ3) is 3.85. The van der Waals surface area contributed by atoms with E-state index >= 15 is 0 Å². The van der Waals surface area contributed by atoms with E-state index in [1.807, 2.05) is 0 Å². The van der Waals surface area contributed by atoms with Gasteiger partial charge in [-0.25, -0.2) is 4.79 Å². The normalized spacial score (nSPS) is 22.6. The van der Waals surface area contributed by atoms with E-state index in [0.717, 1.165) is 19.3 Å². The molecular weight excluding hydrogens is 288 g/mol. The van der Waals surface area contributed by atoms with Gasteiger partial charge in [0.15, 0.2) is 0 Å². The minimum absolute atomic E-state index is 0.0566. The molecule has 1 aromatic rings. The standard InChI is InChI=1S/C15H22N2O5/c1-3-9(2)6-11-4-5-12(22-11)17-8-10(7-13(18)19)14(20)16-15(17)21/h8-9,11-12H,3-7H2,1-2H3,(H,18,19)(H,16,20,21). The molecule has 0 aromatic carbocycles. The van der Waals surface area contributed by atoms with Gasteiger partial charge in [-0.2, -0.15) is 0 Å². The Morgan fingerprint density at radius 1 is 1.50 bits per heavy atom. The van der Waals surface area contributed by atoms with Crippen LogP contribution in [0.15, 0.2) is 15.8 Å². The van der Waals surface area contributed by atoms with Gasteiger partial charge in [-0.05, 0) is 25.2 Å². The fourth-order valence-corrected chi connectivity index (χ4v) is 2.71. The van der Waals surface area contributed by atoms with Gasteiger partial charge in [0.1, 0.15) is 6.23 Å². The van der Waals surface area contributed by atoms with Gasteiger partial charge in [0, 0.05) is 11.8 Å². The van der Waals surface area contributed by atoms with Crippen molar-refractivity contribution in [1.82, 2.24) is 9.55 Å². The Bertz CT molecular complexity index is 648. The van der Waals surface area contributed by atoms with E-state index in [0.29, 0.717) is 12.3 Å². The summed E-state index contributed by atoms with van der Waals surface area (Å²) in [5.74, 6) is -0.559. The maximum atomic E-state index is 11.9. The number of hydrogen-bond acceptors (Lipinski definition) is 4. The Hall–Kier alpha value is -1.89. The first-order valence-electron chi connectivity index (χ1n) is 7.62. The van der Waals surface area contributed by atoms with E-state index in [-0.39, 0.29) is 11.7 Å². The predicted octanol–water partition coefficient (Wildman–Crippen LogP) is 1.28. The van der Waals surface area contributed by atoms with Crippen molar-refractivity contribution in [2.24, 2.45) is 5.92 Å². The highest BCUT2D eigenvalue weighted by molar-refractivity contribution is 5.69. The maximum Gasteiger partial charge on any atom is 0.330 e. The molecule has 0 saturated carbocycles. The molecule has 122 valence electrons. The van der Waals surface area contributed by atoms with Crippen LogP contribution in [0.2, 0.25) is 0 Å². The Kier molecular flexibility index (Phi) is 5.18. The first kappa shape index (κ1) is 16.5. The lowest BCUT2D eigenvalue weighted by Crippen LogP contribution is -2.34. The Balaban J connectivity index is 2.17. The summed E-state index contributed by atoms with van der Waals surface area (Å²) >= 11 is 0. The van der Waals surface area contributed by atoms with Crippen molar-refractivity contribution in [2.45, 2.75) is 58.3 Å². The second-order valence-electron chi connectivity index (χ2n) is 5.93. The molecule has 2 heterocycles. The fraction of sp³-hybridized carbons (Fsp3) is 0.667. The number of nitrogens with one attached hydrogen (secondary N) is 1. The van der Waals surface area contributed by atoms with E-state index in [4.69, 9.17) is 9.84 Å². The summed E-state index contributed by atoms with van der Waals surface area (Å²) in [4.78, 5) is 36.5. The summed E-state index contributed by atoms with van der Waals surface area (Å²) in [6, 6.07) is 0. The van der Waals surface area contributed by atoms with Crippen LogP contribution in [-0.2, 0) is 16.0 Å². The van der Waals surface area contributed by atoms with Crippen molar-refractivity contribution in [3.8, 4) is 0 Å². The average Bonchev–Trinajstić information content (AvgIpc) is 2.89. The van der Waals surface area contributed by atoms with Gasteiger partial charge in [-0.3, -0.25) is 19.1 Å². The topological polar surface area (TPSA) is 101 Å². The van der Waals surface area contributed by atoms with E-state index in [2.05, 4.69) is 18.8 Å². The zero-order valence-corrected chi connectivity index (χ0v) is 12.9. The van der Waals surface area contributed by atoms with E-state index < -0.39 is 29.9 Å². The first-order chi connectivity index (χ1) is 10.4. The van der Waals surface area contributed by atoms with Gasteiger partial charge in [-0.1, -0.05) is 20.3 Å². The molecule has 0 spiro atoms. The summed E-state index contributed by atoms with van der Waals surface area (Å²) in [7, 11) is 0. The number of rotatable bonds is 6. The number of carboxylic acids is 1. The molecule has 0 bridgehead atoms. The van der Waals surface area contributed by atoms with Crippen LogP contribution in [0.4, 0.5) is 0 Å². The van der Waals surface area contributed by atoms with E-state index in [1.165, 1.54) is 10.8 Å². The smallest absolute Gasteiger partial charge is 0.330 e. The molecule has 3 unspecified atom stereocenters. The van der Waals surface area contributed by atoms with Crippen molar-refractivity contribution in [2.75, 3.05) is 0 Å². The number of carbonyl (C=O) groups is 1. The molecule has 1 saturated heterocycles. The number of aromatic nitrogens is 2. The largest absolute Gasteiger partial charge is 0.481 e.